The number of nitrogens with zero attached hydrogens (tertiary/aromatic N) is 1. The molecule has 0 amide bonds. The van der Waals surface area contributed by atoms with E-state index in [1.165, 1.54) is 12.5 Å². The van der Waals surface area contributed by atoms with Crippen LogP contribution in [0.3, 0.4) is 0 Å². The predicted molar refractivity (Wildman–Crippen MR) is 152 cm³/mol. The van der Waals surface area contributed by atoms with Crippen LogP contribution in [-0.4, -0.2) is 30.1 Å². The number of carbonyl (C=O) groups is 2. The Balaban J connectivity index is 1.29. The number of rotatable bonds is 9. The summed E-state index contributed by atoms with van der Waals surface area (Å²) in [4.78, 5) is 30.0. The summed E-state index contributed by atoms with van der Waals surface area (Å²) in [6, 6.07) is 27.8. The predicted octanol–water partition coefficient (Wildman–Crippen LogP) is 7.82. The van der Waals surface area contributed by atoms with E-state index < -0.39 is 5.97 Å². The van der Waals surface area contributed by atoms with Crippen molar-refractivity contribution in [3.05, 3.63) is 102 Å². The molecule has 0 bridgehead atoms. The number of oxazole rings is 1. The fourth-order valence-electron chi connectivity index (χ4n) is 4.12. The smallest absolute Gasteiger partial charge is 0.338 e. The van der Waals surface area contributed by atoms with Crippen molar-refractivity contribution in [1.29, 1.82) is 0 Å². The number of hydrogen-bond donors (Lipinski definition) is 0. The third-order valence-electron chi connectivity index (χ3n) is 6.02. The minimum Gasteiger partial charge on any atom is -0.466 e. The Kier molecular flexibility index (Phi) is 7.99. The minimum atomic E-state index is -0.403. The van der Waals surface area contributed by atoms with E-state index in [-0.39, 0.29) is 19.2 Å². The Morgan fingerprint density at radius 3 is 2.23 bits per heavy atom. The fourth-order valence-corrected chi connectivity index (χ4v) is 5.11. The number of hydrogen-bond acceptors (Lipinski definition) is 7. The van der Waals surface area contributed by atoms with Crippen LogP contribution in [0.2, 0.25) is 0 Å². The first-order chi connectivity index (χ1) is 19.0. The number of aromatic nitrogens is 1. The van der Waals surface area contributed by atoms with E-state index in [0.29, 0.717) is 17.9 Å². The number of ether oxygens (including phenoxy) is 2. The molecule has 0 spiro atoms. The molecular formula is C32H27NO5S. The van der Waals surface area contributed by atoms with Crippen LogP contribution in [0.4, 0.5) is 0 Å². The average Bonchev–Trinajstić information content (AvgIpc) is 3.64. The summed E-state index contributed by atoms with van der Waals surface area (Å²) in [7, 11) is 0. The van der Waals surface area contributed by atoms with E-state index in [1.807, 2.05) is 42.5 Å². The summed E-state index contributed by atoms with van der Waals surface area (Å²) in [6.45, 7) is 3.82. The quantitative estimate of drug-likeness (QED) is 0.141. The van der Waals surface area contributed by atoms with Crippen LogP contribution in [0.1, 0.15) is 29.3 Å². The number of carbonyl (C=O) groups excluding carboxylic acids is 2. The molecule has 0 radical (unpaired) electrons. The topological polar surface area (TPSA) is 78.6 Å². The molecule has 5 rings (SSSR count). The number of thiophene rings is 1. The van der Waals surface area contributed by atoms with Crippen molar-refractivity contribution in [1.82, 2.24) is 4.98 Å². The van der Waals surface area contributed by atoms with Crippen molar-refractivity contribution >= 4 is 23.3 Å². The van der Waals surface area contributed by atoms with E-state index in [9.17, 15) is 9.59 Å². The van der Waals surface area contributed by atoms with Gasteiger partial charge in [-0.25, -0.2) is 9.78 Å². The largest absolute Gasteiger partial charge is 0.466 e. The zero-order chi connectivity index (χ0) is 27.2. The molecule has 5 aromatic rings. The van der Waals surface area contributed by atoms with Gasteiger partial charge in [0.1, 0.15) is 0 Å². The van der Waals surface area contributed by atoms with Gasteiger partial charge in [0, 0.05) is 34.2 Å². The second-order valence-electron chi connectivity index (χ2n) is 9.05. The average molecular weight is 538 g/mol. The maximum atomic E-state index is 12.5. The molecule has 6 nitrogen and oxygen atoms in total. The Morgan fingerprint density at radius 2 is 1.46 bits per heavy atom. The Bertz CT molecular complexity index is 1620. The molecule has 0 aliphatic rings. The lowest BCUT2D eigenvalue weighted by atomic mass is 10.1. The van der Waals surface area contributed by atoms with Gasteiger partial charge in [0.25, 0.3) is 0 Å². The van der Waals surface area contributed by atoms with Crippen molar-refractivity contribution in [2.24, 2.45) is 0 Å². The molecule has 0 aliphatic heterocycles. The highest BCUT2D eigenvalue weighted by molar-refractivity contribution is 7.18. The number of aryl methyl sites for hydroxylation is 1. The normalized spacial score (nSPS) is 10.8. The van der Waals surface area contributed by atoms with Gasteiger partial charge in [0.15, 0.2) is 5.76 Å². The standard InChI is InChI=1S/C32H27NO5S/c1-21-7-3-8-23(17-21)28-20-33-31(38-28)26-11-4-9-24(18-26)29-13-14-30(39-29)25-10-5-12-27(19-25)32(35)37-16-6-15-36-22(2)34/h3-5,7-14,17-20H,6,15-16H2,1-2H3. The first-order valence-corrected chi connectivity index (χ1v) is 13.4. The molecule has 0 unspecified atom stereocenters. The summed E-state index contributed by atoms with van der Waals surface area (Å²) in [5.41, 5.74) is 5.54. The van der Waals surface area contributed by atoms with Crippen molar-refractivity contribution < 1.29 is 23.5 Å². The summed E-state index contributed by atoms with van der Waals surface area (Å²) in [5, 5.41) is 0. The highest BCUT2D eigenvalue weighted by Gasteiger charge is 2.13. The van der Waals surface area contributed by atoms with Gasteiger partial charge in [-0.15, -0.1) is 11.3 Å². The van der Waals surface area contributed by atoms with E-state index in [0.717, 1.165) is 37.8 Å². The molecule has 2 heterocycles. The Hall–Kier alpha value is -4.49. The molecule has 39 heavy (non-hydrogen) atoms. The van der Waals surface area contributed by atoms with Gasteiger partial charge in [-0.3, -0.25) is 4.79 Å². The van der Waals surface area contributed by atoms with Crippen LogP contribution >= 0.6 is 11.3 Å². The van der Waals surface area contributed by atoms with Crippen molar-refractivity contribution in [3.63, 3.8) is 0 Å². The number of benzene rings is 3. The monoisotopic (exact) mass is 537 g/mol. The van der Waals surface area contributed by atoms with Crippen LogP contribution in [0.15, 0.2) is 95.5 Å². The van der Waals surface area contributed by atoms with Crippen LogP contribution in [0.5, 0.6) is 0 Å². The zero-order valence-electron chi connectivity index (χ0n) is 21.7. The lowest BCUT2D eigenvalue weighted by Crippen LogP contribution is -2.09. The maximum absolute atomic E-state index is 12.5. The van der Waals surface area contributed by atoms with E-state index in [2.05, 4.69) is 48.3 Å². The molecule has 196 valence electrons. The molecule has 0 N–H and O–H groups in total. The number of esters is 2. The van der Waals surface area contributed by atoms with Gasteiger partial charge in [-0.2, -0.15) is 0 Å². The molecule has 7 heteroatoms. The van der Waals surface area contributed by atoms with E-state index in [1.54, 1.807) is 23.6 Å². The zero-order valence-corrected chi connectivity index (χ0v) is 22.5. The van der Waals surface area contributed by atoms with Gasteiger partial charge in [0.05, 0.1) is 25.0 Å². The highest BCUT2D eigenvalue weighted by atomic mass is 32.1. The molecule has 0 saturated heterocycles. The fraction of sp³-hybridized carbons (Fsp3) is 0.156. The van der Waals surface area contributed by atoms with Crippen LogP contribution in [0.25, 0.3) is 43.7 Å². The summed E-state index contributed by atoms with van der Waals surface area (Å²) < 4.78 is 16.3. The Morgan fingerprint density at radius 1 is 0.795 bits per heavy atom. The minimum absolute atomic E-state index is 0.187. The maximum Gasteiger partial charge on any atom is 0.338 e. The lowest BCUT2D eigenvalue weighted by molar-refractivity contribution is -0.141. The molecule has 0 aliphatic carbocycles. The lowest BCUT2D eigenvalue weighted by Gasteiger charge is -2.06. The van der Waals surface area contributed by atoms with E-state index >= 15 is 0 Å². The highest BCUT2D eigenvalue weighted by Crippen LogP contribution is 2.36. The second kappa shape index (κ2) is 11.9. The summed E-state index contributed by atoms with van der Waals surface area (Å²) >= 11 is 1.64. The van der Waals surface area contributed by atoms with Crippen LogP contribution in [0, 0.1) is 6.92 Å². The first-order valence-electron chi connectivity index (χ1n) is 12.6. The van der Waals surface area contributed by atoms with Crippen LogP contribution in [-0.2, 0) is 14.3 Å². The van der Waals surface area contributed by atoms with Gasteiger partial charge in [0.2, 0.25) is 5.89 Å². The van der Waals surface area contributed by atoms with Crippen molar-refractivity contribution in [2.45, 2.75) is 20.3 Å². The van der Waals surface area contributed by atoms with Gasteiger partial charge < -0.3 is 13.9 Å². The van der Waals surface area contributed by atoms with Gasteiger partial charge in [-0.05, 0) is 60.5 Å². The summed E-state index contributed by atoms with van der Waals surface area (Å²) in [6.07, 6.45) is 2.22. The third kappa shape index (κ3) is 6.51. The van der Waals surface area contributed by atoms with Crippen LogP contribution < -0.4 is 0 Å². The van der Waals surface area contributed by atoms with Gasteiger partial charge in [-0.1, -0.05) is 48.0 Å². The summed E-state index contributed by atoms with van der Waals surface area (Å²) in [5.74, 6) is 0.561. The van der Waals surface area contributed by atoms with E-state index in [4.69, 9.17) is 13.9 Å². The molecule has 2 aromatic heterocycles. The van der Waals surface area contributed by atoms with Crippen molar-refractivity contribution in [2.75, 3.05) is 13.2 Å². The molecule has 0 atom stereocenters. The Labute approximate surface area is 230 Å². The van der Waals surface area contributed by atoms with Gasteiger partial charge >= 0.3 is 11.9 Å². The molecule has 0 fully saturated rings. The third-order valence-corrected chi connectivity index (χ3v) is 7.20. The second-order valence-corrected chi connectivity index (χ2v) is 10.1. The molecule has 3 aromatic carbocycles. The first kappa shape index (κ1) is 26.1. The molecular weight excluding hydrogens is 510 g/mol. The SMILES string of the molecule is CC(=O)OCCCOC(=O)c1cccc(-c2ccc(-c3cccc(-c4ncc(-c5cccc(C)c5)o4)c3)s2)c1. The van der Waals surface area contributed by atoms with Crippen molar-refractivity contribution in [3.8, 4) is 43.7 Å². The molecule has 0 saturated carbocycles.